The Kier molecular flexibility index (Phi) is 4.53. The summed E-state index contributed by atoms with van der Waals surface area (Å²) in [6.07, 6.45) is 6.18. The van der Waals surface area contributed by atoms with E-state index < -0.39 is 0 Å². The second-order valence-corrected chi connectivity index (χ2v) is 7.41. The van der Waals surface area contributed by atoms with Crippen LogP contribution in [-0.2, 0) is 6.54 Å². The molecule has 23 heavy (non-hydrogen) atoms. The van der Waals surface area contributed by atoms with Gasteiger partial charge in [-0.2, -0.15) is 0 Å². The average Bonchev–Trinajstić information content (AvgIpc) is 2.88. The Labute approximate surface area is 139 Å². The number of fused-ring (bicyclic) bond motifs is 1. The fourth-order valence-electron chi connectivity index (χ4n) is 3.37. The molecule has 0 aromatic carbocycles. The Balaban J connectivity index is 1.93. The molecule has 1 aliphatic carbocycles. The van der Waals surface area contributed by atoms with Crippen molar-refractivity contribution in [2.45, 2.75) is 59.0 Å². The minimum absolute atomic E-state index is 0.0589. The standard InChI is InChI=1S/C17H23N3O2S/c1-4-20-9-18-16-13(17(20)22)11(3)14(23-16)15(21)19-12-8-6-5-7-10(12)2/h9-10,12H,4-8H2,1-3H3,(H,19,21). The zero-order chi connectivity index (χ0) is 16.6. The molecule has 2 aromatic heterocycles. The number of nitrogens with one attached hydrogen (secondary N) is 1. The van der Waals surface area contributed by atoms with Gasteiger partial charge in [0, 0.05) is 12.6 Å². The number of aryl methyl sites for hydroxylation is 2. The largest absolute Gasteiger partial charge is 0.348 e. The predicted molar refractivity (Wildman–Crippen MR) is 93.2 cm³/mol. The zero-order valence-electron chi connectivity index (χ0n) is 13.9. The number of hydrogen-bond acceptors (Lipinski definition) is 4. The second kappa shape index (κ2) is 6.43. The molecular weight excluding hydrogens is 310 g/mol. The minimum atomic E-state index is -0.0632. The number of amides is 1. The number of thiophene rings is 1. The van der Waals surface area contributed by atoms with Crippen molar-refractivity contribution in [2.75, 3.05) is 0 Å². The molecule has 1 aliphatic rings. The highest BCUT2D eigenvalue weighted by Gasteiger charge is 2.26. The van der Waals surface area contributed by atoms with Gasteiger partial charge in [0.05, 0.1) is 16.6 Å². The summed E-state index contributed by atoms with van der Waals surface area (Å²) in [4.78, 5) is 30.7. The lowest BCUT2D eigenvalue weighted by Crippen LogP contribution is -2.41. The Morgan fingerprint density at radius 1 is 1.43 bits per heavy atom. The van der Waals surface area contributed by atoms with Crippen LogP contribution >= 0.6 is 11.3 Å². The van der Waals surface area contributed by atoms with Gasteiger partial charge in [-0.15, -0.1) is 11.3 Å². The van der Waals surface area contributed by atoms with Crippen molar-refractivity contribution in [3.05, 3.63) is 27.1 Å². The molecular formula is C17H23N3O2S. The molecule has 0 aliphatic heterocycles. The molecule has 2 heterocycles. The maximum Gasteiger partial charge on any atom is 0.262 e. The van der Waals surface area contributed by atoms with Crippen LogP contribution in [0.1, 0.15) is 54.8 Å². The summed E-state index contributed by atoms with van der Waals surface area (Å²) < 4.78 is 1.58. The van der Waals surface area contributed by atoms with Crippen LogP contribution in [-0.4, -0.2) is 21.5 Å². The SMILES string of the molecule is CCn1cnc2sc(C(=O)NC3CCCCC3C)c(C)c2c1=O. The molecule has 6 heteroatoms. The van der Waals surface area contributed by atoms with Gasteiger partial charge < -0.3 is 5.32 Å². The van der Waals surface area contributed by atoms with E-state index in [-0.39, 0.29) is 17.5 Å². The molecule has 1 N–H and O–H groups in total. The molecule has 5 nitrogen and oxygen atoms in total. The minimum Gasteiger partial charge on any atom is -0.348 e. The number of carbonyl (C=O) groups is 1. The number of nitrogens with zero attached hydrogens (tertiary/aromatic N) is 2. The molecule has 2 atom stereocenters. The molecule has 124 valence electrons. The van der Waals surface area contributed by atoms with Gasteiger partial charge in [-0.25, -0.2) is 4.98 Å². The van der Waals surface area contributed by atoms with Crippen LogP contribution < -0.4 is 10.9 Å². The summed E-state index contributed by atoms with van der Waals surface area (Å²) in [5.74, 6) is 0.449. The average molecular weight is 333 g/mol. The van der Waals surface area contributed by atoms with E-state index in [0.717, 1.165) is 12.0 Å². The van der Waals surface area contributed by atoms with Gasteiger partial charge >= 0.3 is 0 Å². The van der Waals surface area contributed by atoms with E-state index in [1.807, 2.05) is 13.8 Å². The molecule has 1 fully saturated rings. The number of aromatic nitrogens is 2. The van der Waals surface area contributed by atoms with Crippen molar-refractivity contribution in [3.63, 3.8) is 0 Å². The predicted octanol–water partition coefficient (Wildman–Crippen LogP) is 3.09. The molecule has 1 saturated carbocycles. The molecule has 3 rings (SSSR count). The number of hydrogen-bond donors (Lipinski definition) is 1. The fourth-order valence-corrected chi connectivity index (χ4v) is 4.41. The van der Waals surface area contributed by atoms with E-state index in [9.17, 15) is 9.59 Å². The first-order valence-electron chi connectivity index (χ1n) is 8.32. The quantitative estimate of drug-likeness (QED) is 0.939. The Morgan fingerprint density at radius 2 is 2.17 bits per heavy atom. The van der Waals surface area contributed by atoms with Crippen LogP contribution in [0.4, 0.5) is 0 Å². The molecule has 2 aromatic rings. The van der Waals surface area contributed by atoms with E-state index in [0.29, 0.717) is 27.6 Å². The summed E-state index contributed by atoms with van der Waals surface area (Å²) in [7, 11) is 0. The first-order chi connectivity index (χ1) is 11.0. The van der Waals surface area contributed by atoms with Crippen molar-refractivity contribution in [3.8, 4) is 0 Å². The van der Waals surface area contributed by atoms with Gasteiger partial charge in [-0.05, 0) is 38.2 Å². The van der Waals surface area contributed by atoms with Crippen LogP contribution in [0.25, 0.3) is 10.2 Å². The number of carbonyl (C=O) groups excluding carboxylic acids is 1. The molecule has 1 amide bonds. The van der Waals surface area contributed by atoms with Crippen LogP contribution in [0.2, 0.25) is 0 Å². The highest BCUT2D eigenvalue weighted by Crippen LogP contribution is 2.28. The molecule has 0 spiro atoms. The molecule has 0 radical (unpaired) electrons. The highest BCUT2D eigenvalue weighted by molar-refractivity contribution is 7.20. The molecule has 0 bridgehead atoms. The first-order valence-corrected chi connectivity index (χ1v) is 9.14. The van der Waals surface area contributed by atoms with Crippen molar-refractivity contribution in [2.24, 2.45) is 5.92 Å². The maximum atomic E-state index is 12.7. The number of rotatable bonds is 3. The third-order valence-corrected chi connectivity index (χ3v) is 6.09. The Bertz CT molecular complexity index is 793. The van der Waals surface area contributed by atoms with Gasteiger partial charge in [0.2, 0.25) is 0 Å². The monoisotopic (exact) mass is 333 g/mol. The van der Waals surface area contributed by atoms with Crippen LogP contribution in [0.3, 0.4) is 0 Å². The van der Waals surface area contributed by atoms with Gasteiger partial charge in [-0.3, -0.25) is 14.2 Å². The van der Waals surface area contributed by atoms with E-state index in [4.69, 9.17) is 0 Å². The topological polar surface area (TPSA) is 64.0 Å². The summed E-state index contributed by atoms with van der Waals surface area (Å²) in [5.41, 5.74) is 0.697. The Morgan fingerprint density at radius 3 is 2.87 bits per heavy atom. The lowest BCUT2D eigenvalue weighted by atomic mass is 9.86. The van der Waals surface area contributed by atoms with E-state index in [2.05, 4.69) is 17.2 Å². The second-order valence-electron chi connectivity index (χ2n) is 6.41. The van der Waals surface area contributed by atoms with Gasteiger partial charge in [0.25, 0.3) is 11.5 Å². The summed E-state index contributed by atoms with van der Waals surface area (Å²) in [6.45, 7) is 6.54. The maximum absolute atomic E-state index is 12.7. The lowest BCUT2D eigenvalue weighted by molar-refractivity contribution is 0.0914. The lowest BCUT2D eigenvalue weighted by Gasteiger charge is -2.29. The summed E-state index contributed by atoms with van der Waals surface area (Å²) in [5, 5.41) is 3.75. The van der Waals surface area contributed by atoms with Gasteiger partial charge in [0.15, 0.2) is 0 Å². The zero-order valence-corrected chi connectivity index (χ0v) is 14.7. The van der Waals surface area contributed by atoms with Gasteiger partial charge in [0.1, 0.15) is 4.83 Å². The van der Waals surface area contributed by atoms with Crippen molar-refractivity contribution < 1.29 is 4.79 Å². The van der Waals surface area contributed by atoms with Gasteiger partial charge in [-0.1, -0.05) is 19.8 Å². The summed E-state index contributed by atoms with van der Waals surface area (Å²) >= 11 is 1.32. The third-order valence-electron chi connectivity index (χ3n) is 4.89. The van der Waals surface area contributed by atoms with Crippen LogP contribution in [0, 0.1) is 12.8 Å². The molecule has 0 saturated heterocycles. The first kappa shape index (κ1) is 16.2. The molecule has 2 unspecified atom stereocenters. The smallest absolute Gasteiger partial charge is 0.262 e. The van der Waals surface area contributed by atoms with E-state index >= 15 is 0 Å². The van der Waals surface area contributed by atoms with Crippen molar-refractivity contribution >= 4 is 27.5 Å². The fraction of sp³-hybridized carbons (Fsp3) is 0.588. The van der Waals surface area contributed by atoms with Crippen LogP contribution in [0.5, 0.6) is 0 Å². The Hall–Kier alpha value is -1.69. The van der Waals surface area contributed by atoms with E-state index in [1.54, 1.807) is 10.9 Å². The third kappa shape index (κ3) is 2.92. The van der Waals surface area contributed by atoms with Crippen LogP contribution in [0.15, 0.2) is 11.1 Å². The van der Waals surface area contributed by atoms with Crippen molar-refractivity contribution in [1.82, 2.24) is 14.9 Å². The summed E-state index contributed by atoms with van der Waals surface area (Å²) in [6, 6.07) is 0.237. The van der Waals surface area contributed by atoms with Crippen molar-refractivity contribution in [1.29, 1.82) is 0 Å². The van der Waals surface area contributed by atoms with E-state index in [1.165, 1.54) is 30.6 Å². The highest BCUT2D eigenvalue weighted by atomic mass is 32.1. The normalized spacial score (nSPS) is 21.5.